The molecule has 21 heavy (non-hydrogen) atoms. The Morgan fingerprint density at radius 2 is 1.86 bits per heavy atom. The molecule has 0 amide bonds. The Morgan fingerprint density at radius 1 is 1.24 bits per heavy atom. The van der Waals surface area contributed by atoms with E-state index in [1.54, 1.807) is 0 Å². The highest BCUT2D eigenvalue weighted by atomic mass is 16.6. The van der Waals surface area contributed by atoms with E-state index < -0.39 is 0 Å². The first-order valence-corrected chi connectivity index (χ1v) is 7.57. The van der Waals surface area contributed by atoms with Crippen molar-refractivity contribution in [2.45, 2.75) is 53.7 Å². The summed E-state index contributed by atoms with van der Waals surface area (Å²) in [5.41, 5.74) is 3.32. The lowest BCUT2D eigenvalue weighted by molar-refractivity contribution is -0.149. The number of rotatable bonds is 8. The van der Waals surface area contributed by atoms with Gasteiger partial charge in [0.2, 0.25) is 0 Å². The zero-order chi connectivity index (χ0) is 15.8. The van der Waals surface area contributed by atoms with Gasteiger partial charge in [0.05, 0.1) is 6.10 Å². The largest absolute Gasteiger partial charge is 0.481 e. The van der Waals surface area contributed by atoms with Crippen molar-refractivity contribution in [2.75, 3.05) is 13.2 Å². The van der Waals surface area contributed by atoms with Crippen LogP contribution in [0.2, 0.25) is 0 Å². The molecule has 0 aliphatic heterocycles. The first kappa shape index (κ1) is 17.5. The molecule has 0 unspecified atom stereocenters. The Balaban J connectivity index is 2.65. The normalized spacial score (nSPS) is 10.8. The lowest BCUT2D eigenvalue weighted by atomic mass is 10.1. The number of benzene rings is 1. The zero-order valence-electron chi connectivity index (χ0n) is 13.8. The molecular formula is C17H27NO3. The van der Waals surface area contributed by atoms with Crippen molar-refractivity contribution < 1.29 is 14.3 Å². The molecule has 0 fully saturated rings. The topological polar surface area (TPSA) is 47.6 Å². The van der Waals surface area contributed by atoms with Crippen LogP contribution in [0.3, 0.4) is 0 Å². The SMILES string of the molecule is CCCNCc1cc(C)c(OCC(=O)OC(C)C)c(C)c1. The predicted molar refractivity (Wildman–Crippen MR) is 84.6 cm³/mol. The summed E-state index contributed by atoms with van der Waals surface area (Å²) in [4.78, 5) is 11.5. The molecule has 0 aliphatic rings. The molecule has 4 heteroatoms. The van der Waals surface area contributed by atoms with Crippen LogP contribution >= 0.6 is 0 Å². The summed E-state index contributed by atoms with van der Waals surface area (Å²) in [6.07, 6.45) is 1.01. The maximum atomic E-state index is 11.5. The minimum atomic E-state index is -0.336. The van der Waals surface area contributed by atoms with Crippen molar-refractivity contribution in [3.8, 4) is 5.75 Å². The van der Waals surface area contributed by atoms with E-state index in [2.05, 4.69) is 24.4 Å². The molecule has 0 saturated heterocycles. The van der Waals surface area contributed by atoms with Crippen LogP contribution in [0.1, 0.15) is 43.9 Å². The Morgan fingerprint density at radius 3 is 2.38 bits per heavy atom. The number of aryl methyl sites for hydroxylation is 2. The van der Waals surface area contributed by atoms with E-state index in [0.29, 0.717) is 0 Å². The van der Waals surface area contributed by atoms with Crippen LogP contribution in [-0.2, 0) is 16.1 Å². The highest BCUT2D eigenvalue weighted by molar-refractivity contribution is 5.71. The number of hydrogen-bond acceptors (Lipinski definition) is 4. The highest BCUT2D eigenvalue weighted by Gasteiger charge is 2.11. The van der Waals surface area contributed by atoms with Gasteiger partial charge in [0, 0.05) is 6.54 Å². The third-order valence-electron chi connectivity index (χ3n) is 2.98. The van der Waals surface area contributed by atoms with E-state index in [4.69, 9.17) is 9.47 Å². The summed E-state index contributed by atoms with van der Waals surface area (Å²) in [6, 6.07) is 4.19. The molecule has 0 aliphatic carbocycles. The number of carbonyl (C=O) groups is 1. The van der Waals surface area contributed by atoms with E-state index in [1.165, 1.54) is 5.56 Å². The van der Waals surface area contributed by atoms with Crippen molar-refractivity contribution in [1.29, 1.82) is 0 Å². The maximum Gasteiger partial charge on any atom is 0.344 e. The van der Waals surface area contributed by atoms with Gasteiger partial charge in [0.1, 0.15) is 5.75 Å². The number of ether oxygens (including phenoxy) is 2. The van der Waals surface area contributed by atoms with Gasteiger partial charge in [-0.25, -0.2) is 4.79 Å². The van der Waals surface area contributed by atoms with Gasteiger partial charge in [-0.3, -0.25) is 0 Å². The fourth-order valence-electron chi connectivity index (χ4n) is 2.21. The maximum absolute atomic E-state index is 11.5. The lowest BCUT2D eigenvalue weighted by Crippen LogP contribution is -2.19. The van der Waals surface area contributed by atoms with Gasteiger partial charge >= 0.3 is 5.97 Å². The number of nitrogens with one attached hydrogen (secondary N) is 1. The van der Waals surface area contributed by atoms with Gasteiger partial charge in [-0.1, -0.05) is 19.1 Å². The summed E-state index contributed by atoms with van der Waals surface area (Å²) >= 11 is 0. The second-order valence-corrected chi connectivity index (χ2v) is 5.56. The third-order valence-corrected chi connectivity index (χ3v) is 2.98. The number of hydrogen-bond donors (Lipinski definition) is 1. The molecule has 0 radical (unpaired) electrons. The van der Waals surface area contributed by atoms with Crippen molar-refractivity contribution in [3.05, 3.63) is 28.8 Å². The molecule has 0 aromatic heterocycles. The summed E-state index contributed by atoms with van der Waals surface area (Å²) in [6.45, 7) is 11.6. The lowest BCUT2D eigenvalue weighted by Gasteiger charge is -2.15. The van der Waals surface area contributed by atoms with Gasteiger partial charge in [-0.05, 0) is 57.4 Å². The van der Waals surface area contributed by atoms with Crippen LogP contribution in [0, 0.1) is 13.8 Å². The molecule has 0 heterocycles. The fraction of sp³-hybridized carbons (Fsp3) is 0.588. The predicted octanol–water partition coefficient (Wildman–Crippen LogP) is 3.13. The van der Waals surface area contributed by atoms with E-state index in [9.17, 15) is 4.79 Å². The van der Waals surface area contributed by atoms with Gasteiger partial charge in [0.15, 0.2) is 6.61 Å². The molecule has 1 aromatic carbocycles. The molecule has 0 spiro atoms. The summed E-state index contributed by atoms with van der Waals surface area (Å²) < 4.78 is 10.7. The quantitative estimate of drug-likeness (QED) is 0.591. The smallest absolute Gasteiger partial charge is 0.344 e. The summed E-state index contributed by atoms with van der Waals surface area (Å²) in [5, 5.41) is 3.38. The first-order valence-electron chi connectivity index (χ1n) is 7.57. The number of carbonyl (C=O) groups excluding carboxylic acids is 1. The van der Waals surface area contributed by atoms with Gasteiger partial charge < -0.3 is 14.8 Å². The Kier molecular flexibility index (Phi) is 7.23. The Labute approximate surface area is 127 Å². The second kappa shape index (κ2) is 8.67. The molecule has 118 valence electrons. The molecule has 0 bridgehead atoms. The van der Waals surface area contributed by atoms with Crippen LogP contribution in [0.15, 0.2) is 12.1 Å². The fourth-order valence-corrected chi connectivity index (χ4v) is 2.21. The monoisotopic (exact) mass is 293 g/mol. The Hall–Kier alpha value is -1.55. The van der Waals surface area contributed by atoms with Gasteiger partial charge in [-0.15, -0.1) is 0 Å². The molecule has 0 atom stereocenters. The minimum absolute atomic E-state index is 0.0483. The molecular weight excluding hydrogens is 266 g/mol. The third kappa shape index (κ3) is 6.17. The van der Waals surface area contributed by atoms with E-state index in [-0.39, 0.29) is 18.7 Å². The van der Waals surface area contributed by atoms with Crippen LogP contribution in [0.4, 0.5) is 0 Å². The zero-order valence-corrected chi connectivity index (χ0v) is 13.8. The van der Waals surface area contributed by atoms with Crippen molar-refractivity contribution in [2.24, 2.45) is 0 Å². The van der Waals surface area contributed by atoms with E-state index >= 15 is 0 Å². The standard InChI is InChI=1S/C17H27NO3/c1-6-7-18-10-15-8-13(4)17(14(5)9-15)20-11-16(19)21-12(2)3/h8-9,12,18H,6-7,10-11H2,1-5H3. The summed E-state index contributed by atoms with van der Waals surface area (Å²) in [7, 11) is 0. The first-order chi connectivity index (χ1) is 9.93. The van der Waals surface area contributed by atoms with Crippen LogP contribution < -0.4 is 10.1 Å². The van der Waals surface area contributed by atoms with Crippen LogP contribution in [0.5, 0.6) is 5.75 Å². The minimum Gasteiger partial charge on any atom is -0.481 e. The van der Waals surface area contributed by atoms with Crippen molar-refractivity contribution >= 4 is 5.97 Å². The Bertz CT molecular complexity index is 446. The van der Waals surface area contributed by atoms with Crippen molar-refractivity contribution in [3.63, 3.8) is 0 Å². The molecule has 1 aromatic rings. The number of esters is 1. The van der Waals surface area contributed by atoms with E-state index in [0.717, 1.165) is 36.4 Å². The average molecular weight is 293 g/mol. The second-order valence-electron chi connectivity index (χ2n) is 5.56. The molecule has 1 N–H and O–H groups in total. The van der Waals surface area contributed by atoms with Gasteiger partial charge in [-0.2, -0.15) is 0 Å². The van der Waals surface area contributed by atoms with Gasteiger partial charge in [0.25, 0.3) is 0 Å². The molecule has 4 nitrogen and oxygen atoms in total. The van der Waals surface area contributed by atoms with Crippen LogP contribution in [-0.4, -0.2) is 25.2 Å². The van der Waals surface area contributed by atoms with E-state index in [1.807, 2.05) is 27.7 Å². The van der Waals surface area contributed by atoms with Crippen LogP contribution in [0.25, 0.3) is 0 Å². The van der Waals surface area contributed by atoms with Crippen molar-refractivity contribution in [1.82, 2.24) is 5.32 Å². The molecule has 0 saturated carbocycles. The average Bonchev–Trinajstić information content (AvgIpc) is 2.37. The molecule has 1 rings (SSSR count). The summed E-state index contributed by atoms with van der Waals surface area (Å²) in [5.74, 6) is 0.437. The highest BCUT2D eigenvalue weighted by Crippen LogP contribution is 2.24.